The van der Waals surface area contributed by atoms with Crippen molar-refractivity contribution in [2.75, 3.05) is 14.2 Å². The first kappa shape index (κ1) is 18.8. The van der Waals surface area contributed by atoms with Gasteiger partial charge in [-0.1, -0.05) is 43.3 Å². The van der Waals surface area contributed by atoms with E-state index in [1.54, 1.807) is 14.2 Å². The van der Waals surface area contributed by atoms with Crippen LogP contribution in [-0.4, -0.2) is 20.1 Å². The third-order valence-corrected chi connectivity index (χ3v) is 4.85. The van der Waals surface area contributed by atoms with Crippen molar-refractivity contribution in [3.05, 3.63) is 71.3 Å². The van der Waals surface area contributed by atoms with Gasteiger partial charge in [0.25, 0.3) is 5.91 Å². The molecule has 0 saturated carbocycles. The van der Waals surface area contributed by atoms with Crippen molar-refractivity contribution in [1.29, 1.82) is 0 Å². The average molecular weight is 363 g/mol. The van der Waals surface area contributed by atoms with Gasteiger partial charge < -0.3 is 14.8 Å². The highest BCUT2D eigenvalue weighted by atomic mass is 16.5. The minimum Gasteiger partial charge on any atom is -0.496 e. The normalized spacial score (nSPS) is 11.9. The second kappa shape index (κ2) is 8.12. The van der Waals surface area contributed by atoms with E-state index in [2.05, 4.69) is 18.3 Å². The highest BCUT2D eigenvalue weighted by Gasteiger charge is 2.19. The number of carbonyl (C=O) groups is 1. The van der Waals surface area contributed by atoms with Crippen molar-refractivity contribution in [3.8, 4) is 11.5 Å². The van der Waals surface area contributed by atoms with E-state index in [1.165, 1.54) is 0 Å². The summed E-state index contributed by atoms with van der Waals surface area (Å²) in [5.41, 5.74) is 2.65. The molecule has 27 heavy (non-hydrogen) atoms. The minimum atomic E-state index is -0.141. The van der Waals surface area contributed by atoms with Crippen LogP contribution in [0.4, 0.5) is 0 Å². The first-order chi connectivity index (χ1) is 13.1. The number of nitrogens with one attached hydrogen (secondary N) is 1. The first-order valence-corrected chi connectivity index (χ1v) is 9.09. The standard InChI is InChI=1S/C23H25NO3/c1-5-20(18-10-11-21(26-3)15(2)12-18)24-23(25)19-13-16-8-6-7-9-17(16)14-22(19)27-4/h6-14,20H,5H2,1-4H3,(H,24,25). The SMILES string of the molecule is CCC(NC(=O)c1cc2ccccc2cc1OC)c1ccc(OC)c(C)c1. The van der Waals surface area contributed by atoms with Crippen LogP contribution in [0, 0.1) is 6.92 Å². The Morgan fingerprint density at radius 2 is 1.63 bits per heavy atom. The molecule has 0 bridgehead atoms. The Hall–Kier alpha value is -3.01. The van der Waals surface area contributed by atoms with Crippen LogP contribution in [0.5, 0.6) is 11.5 Å². The number of fused-ring (bicyclic) bond motifs is 1. The Balaban J connectivity index is 1.91. The second-order valence-corrected chi connectivity index (χ2v) is 6.56. The summed E-state index contributed by atoms with van der Waals surface area (Å²) in [5, 5.41) is 5.20. The highest BCUT2D eigenvalue weighted by molar-refractivity contribution is 6.01. The Morgan fingerprint density at radius 1 is 0.963 bits per heavy atom. The molecule has 0 aromatic heterocycles. The number of amides is 1. The fourth-order valence-corrected chi connectivity index (χ4v) is 3.34. The Kier molecular flexibility index (Phi) is 5.65. The lowest BCUT2D eigenvalue weighted by atomic mass is 10.0. The van der Waals surface area contributed by atoms with E-state index in [-0.39, 0.29) is 11.9 Å². The monoisotopic (exact) mass is 363 g/mol. The Morgan fingerprint density at radius 3 is 2.22 bits per heavy atom. The molecule has 4 nitrogen and oxygen atoms in total. The van der Waals surface area contributed by atoms with Gasteiger partial charge in [0.05, 0.1) is 25.8 Å². The zero-order chi connectivity index (χ0) is 19.4. The van der Waals surface area contributed by atoms with Crippen LogP contribution in [0.15, 0.2) is 54.6 Å². The van der Waals surface area contributed by atoms with Crippen LogP contribution in [0.1, 0.15) is 40.9 Å². The average Bonchev–Trinajstić information content (AvgIpc) is 2.70. The number of hydrogen-bond donors (Lipinski definition) is 1. The van der Waals surface area contributed by atoms with Crippen molar-refractivity contribution >= 4 is 16.7 Å². The highest BCUT2D eigenvalue weighted by Crippen LogP contribution is 2.28. The van der Waals surface area contributed by atoms with Gasteiger partial charge in [-0.2, -0.15) is 0 Å². The molecule has 3 aromatic carbocycles. The third-order valence-electron chi connectivity index (χ3n) is 4.85. The molecular weight excluding hydrogens is 338 g/mol. The van der Waals surface area contributed by atoms with Crippen LogP contribution >= 0.6 is 0 Å². The smallest absolute Gasteiger partial charge is 0.255 e. The van der Waals surface area contributed by atoms with Gasteiger partial charge >= 0.3 is 0 Å². The van der Waals surface area contributed by atoms with E-state index < -0.39 is 0 Å². The molecule has 1 amide bonds. The quantitative estimate of drug-likeness (QED) is 0.667. The molecular formula is C23H25NO3. The molecule has 0 aliphatic heterocycles. The molecule has 4 heteroatoms. The van der Waals surface area contributed by atoms with Crippen molar-refractivity contribution in [2.24, 2.45) is 0 Å². The minimum absolute atomic E-state index is 0.0849. The molecule has 0 aliphatic carbocycles. The summed E-state index contributed by atoms with van der Waals surface area (Å²) in [4.78, 5) is 13.0. The lowest BCUT2D eigenvalue weighted by molar-refractivity contribution is 0.0932. The van der Waals surface area contributed by atoms with Crippen LogP contribution in [0.2, 0.25) is 0 Å². The molecule has 0 heterocycles. The number of rotatable bonds is 6. The van der Waals surface area contributed by atoms with E-state index in [1.807, 2.05) is 55.5 Å². The molecule has 3 rings (SSSR count). The van der Waals surface area contributed by atoms with Gasteiger partial charge in [0.15, 0.2) is 0 Å². The van der Waals surface area contributed by atoms with Gasteiger partial charge in [-0.3, -0.25) is 4.79 Å². The maximum Gasteiger partial charge on any atom is 0.255 e. The predicted octanol–water partition coefficient (Wildman–Crippen LogP) is 5.05. The molecule has 1 atom stereocenters. The maximum atomic E-state index is 13.0. The lowest BCUT2D eigenvalue weighted by Crippen LogP contribution is -2.28. The van der Waals surface area contributed by atoms with E-state index in [9.17, 15) is 4.79 Å². The summed E-state index contributed by atoms with van der Waals surface area (Å²) < 4.78 is 10.8. The molecule has 0 fully saturated rings. The zero-order valence-electron chi connectivity index (χ0n) is 16.2. The molecule has 0 aliphatic rings. The number of aryl methyl sites for hydroxylation is 1. The number of hydrogen-bond acceptors (Lipinski definition) is 3. The summed E-state index contributed by atoms with van der Waals surface area (Å²) >= 11 is 0. The van der Waals surface area contributed by atoms with E-state index in [0.29, 0.717) is 11.3 Å². The van der Waals surface area contributed by atoms with Crippen molar-refractivity contribution in [2.45, 2.75) is 26.3 Å². The van der Waals surface area contributed by atoms with Crippen LogP contribution in [0.3, 0.4) is 0 Å². The van der Waals surface area contributed by atoms with E-state index in [0.717, 1.165) is 34.1 Å². The first-order valence-electron chi connectivity index (χ1n) is 9.09. The summed E-state index contributed by atoms with van der Waals surface area (Å²) in [6.07, 6.45) is 0.785. The van der Waals surface area contributed by atoms with Gasteiger partial charge in [0, 0.05) is 0 Å². The van der Waals surface area contributed by atoms with Gasteiger partial charge in [0.1, 0.15) is 11.5 Å². The summed E-state index contributed by atoms with van der Waals surface area (Å²) in [6.45, 7) is 4.06. The number of ether oxygens (including phenoxy) is 2. The molecule has 1 unspecified atom stereocenters. The molecule has 0 spiro atoms. The van der Waals surface area contributed by atoms with Crippen LogP contribution in [-0.2, 0) is 0 Å². The van der Waals surface area contributed by atoms with Crippen molar-refractivity contribution < 1.29 is 14.3 Å². The topological polar surface area (TPSA) is 47.6 Å². The number of methoxy groups -OCH3 is 2. The van der Waals surface area contributed by atoms with E-state index in [4.69, 9.17) is 9.47 Å². The van der Waals surface area contributed by atoms with Crippen LogP contribution in [0.25, 0.3) is 10.8 Å². The summed E-state index contributed by atoms with van der Waals surface area (Å²) in [7, 11) is 3.25. The molecule has 140 valence electrons. The molecule has 1 N–H and O–H groups in total. The third kappa shape index (κ3) is 3.90. The summed E-state index contributed by atoms with van der Waals surface area (Å²) in [5.74, 6) is 1.28. The van der Waals surface area contributed by atoms with E-state index >= 15 is 0 Å². The van der Waals surface area contributed by atoms with Gasteiger partial charge in [-0.05, 0) is 53.4 Å². The number of benzene rings is 3. The van der Waals surface area contributed by atoms with Crippen molar-refractivity contribution in [1.82, 2.24) is 5.32 Å². The van der Waals surface area contributed by atoms with Gasteiger partial charge in [-0.25, -0.2) is 0 Å². The molecule has 3 aromatic rings. The number of carbonyl (C=O) groups excluding carboxylic acids is 1. The fraction of sp³-hybridized carbons (Fsp3) is 0.261. The summed E-state index contributed by atoms with van der Waals surface area (Å²) in [6, 6.07) is 17.6. The zero-order valence-corrected chi connectivity index (χ0v) is 16.2. The van der Waals surface area contributed by atoms with Gasteiger partial charge in [0.2, 0.25) is 0 Å². The maximum absolute atomic E-state index is 13.0. The Bertz CT molecular complexity index is 965. The predicted molar refractivity (Wildman–Crippen MR) is 109 cm³/mol. The van der Waals surface area contributed by atoms with Crippen LogP contribution < -0.4 is 14.8 Å². The second-order valence-electron chi connectivity index (χ2n) is 6.56. The lowest BCUT2D eigenvalue weighted by Gasteiger charge is -2.20. The fourth-order valence-electron chi connectivity index (χ4n) is 3.34. The van der Waals surface area contributed by atoms with Crippen molar-refractivity contribution in [3.63, 3.8) is 0 Å². The molecule has 0 radical (unpaired) electrons. The largest absolute Gasteiger partial charge is 0.496 e. The Labute approximate surface area is 160 Å². The molecule has 0 saturated heterocycles. The van der Waals surface area contributed by atoms with Gasteiger partial charge in [-0.15, -0.1) is 0 Å².